The van der Waals surface area contributed by atoms with Crippen molar-refractivity contribution in [2.45, 2.75) is 32.2 Å². The normalized spacial score (nSPS) is 19.7. The monoisotopic (exact) mass is 264 g/mol. The first-order valence-corrected chi connectivity index (χ1v) is 5.30. The molecule has 0 aliphatic carbocycles. The molecule has 1 unspecified atom stereocenters. The van der Waals surface area contributed by atoms with Crippen molar-refractivity contribution in [2.75, 3.05) is 6.61 Å². The molecule has 0 radical (unpaired) electrons. The lowest BCUT2D eigenvalue weighted by Crippen LogP contribution is -2.33. The third kappa shape index (κ3) is 2.20. The van der Waals surface area contributed by atoms with Gasteiger partial charge in [-0.05, 0) is 13.3 Å². The molecular formula is C10H11F3N2O3. The van der Waals surface area contributed by atoms with Crippen molar-refractivity contribution in [3.05, 3.63) is 17.0 Å². The van der Waals surface area contributed by atoms with Crippen molar-refractivity contribution >= 4 is 5.97 Å². The van der Waals surface area contributed by atoms with Gasteiger partial charge in [0.05, 0.1) is 18.3 Å². The maximum Gasteiger partial charge on any atom is 0.420 e. The van der Waals surface area contributed by atoms with E-state index in [1.54, 1.807) is 0 Å². The molecule has 0 amide bonds. The van der Waals surface area contributed by atoms with E-state index in [0.29, 0.717) is 13.0 Å². The Morgan fingerprint density at radius 2 is 2.22 bits per heavy atom. The molecule has 0 saturated carbocycles. The van der Waals surface area contributed by atoms with Crippen LogP contribution in [0.1, 0.15) is 28.2 Å². The molecule has 8 heteroatoms. The number of hydrogen-bond donors (Lipinski definition) is 1. The Morgan fingerprint density at radius 3 is 2.61 bits per heavy atom. The molecule has 1 atom stereocenters. The van der Waals surface area contributed by atoms with Crippen LogP contribution in [0.3, 0.4) is 0 Å². The van der Waals surface area contributed by atoms with Crippen molar-refractivity contribution in [1.29, 1.82) is 0 Å². The number of aromatic nitrogens is 2. The number of aromatic carboxylic acids is 1. The van der Waals surface area contributed by atoms with Crippen molar-refractivity contribution in [2.24, 2.45) is 0 Å². The Bertz CT molecular complexity index is 477. The van der Waals surface area contributed by atoms with Gasteiger partial charge in [-0.3, -0.25) is 4.68 Å². The fraction of sp³-hybridized carbons (Fsp3) is 0.600. The summed E-state index contributed by atoms with van der Waals surface area (Å²) >= 11 is 0. The predicted molar refractivity (Wildman–Crippen MR) is 53.3 cm³/mol. The van der Waals surface area contributed by atoms with Crippen LogP contribution >= 0.6 is 0 Å². The highest BCUT2D eigenvalue weighted by Crippen LogP contribution is 2.34. The van der Waals surface area contributed by atoms with Gasteiger partial charge >= 0.3 is 12.1 Å². The molecule has 1 fully saturated rings. The van der Waals surface area contributed by atoms with Crippen molar-refractivity contribution in [1.82, 2.24) is 9.78 Å². The van der Waals surface area contributed by atoms with Gasteiger partial charge in [0.1, 0.15) is 5.56 Å². The number of alkyl halides is 3. The van der Waals surface area contributed by atoms with Crippen LogP contribution in [0.5, 0.6) is 0 Å². The second-order valence-electron chi connectivity index (χ2n) is 4.08. The van der Waals surface area contributed by atoms with Crippen LogP contribution in [0.4, 0.5) is 13.2 Å². The highest BCUT2D eigenvalue weighted by atomic mass is 19.4. The molecule has 0 bridgehead atoms. The Hall–Kier alpha value is -1.57. The summed E-state index contributed by atoms with van der Waals surface area (Å²) in [4.78, 5) is 11.0. The minimum atomic E-state index is -4.73. The van der Waals surface area contributed by atoms with E-state index in [9.17, 15) is 18.0 Å². The van der Waals surface area contributed by atoms with Crippen LogP contribution in [0, 0.1) is 6.92 Å². The SMILES string of the molecule is Cc1nn(CC2CCO2)c(C(=O)O)c1C(F)(F)F. The maximum atomic E-state index is 12.8. The second kappa shape index (κ2) is 4.27. The van der Waals surface area contributed by atoms with Crippen molar-refractivity contribution < 1.29 is 27.8 Å². The number of halogens is 3. The van der Waals surface area contributed by atoms with E-state index < -0.39 is 23.4 Å². The summed E-state index contributed by atoms with van der Waals surface area (Å²) in [6.45, 7) is 1.71. The summed E-state index contributed by atoms with van der Waals surface area (Å²) in [6, 6.07) is 0. The van der Waals surface area contributed by atoms with Crippen LogP contribution in [-0.2, 0) is 17.5 Å². The molecule has 1 aromatic heterocycles. The lowest BCUT2D eigenvalue weighted by Gasteiger charge is -2.26. The minimum Gasteiger partial charge on any atom is -0.477 e. The average molecular weight is 264 g/mol. The van der Waals surface area contributed by atoms with Crippen LogP contribution in [-0.4, -0.2) is 33.6 Å². The Labute approximate surface area is 100 Å². The van der Waals surface area contributed by atoms with Gasteiger partial charge in [-0.1, -0.05) is 0 Å². The third-order valence-electron chi connectivity index (χ3n) is 2.78. The molecule has 1 saturated heterocycles. The number of carboxylic acids is 1. The first-order valence-electron chi connectivity index (χ1n) is 5.30. The molecule has 100 valence electrons. The molecular weight excluding hydrogens is 253 g/mol. The van der Waals surface area contributed by atoms with E-state index in [0.717, 1.165) is 11.6 Å². The third-order valence-corrected chi connectivity index (χ3v) is 2.78. The predicted octanol–water partition coefficient (Wildman–Crippen LogP) is 1.70. The fourth-order valence-corrected chi connectivity index (χ4v) is 1.89. The topological polar surface area (TPSA) is 64.4 Å². The smallest absolute Gasteiger partial charge is 0.420 e. The van der Waals surface area contributed by atoms with Gasteiger partial charge in [-0.2, -0.15) is 18.3 Å². The molecule has 0 aromatic carbocycles. The van der Waals surface area contributed by atoms with Crippen molar-refractivity contribution in [3.63, 3.8) is 0 Å². The van der Waals surface area contributed by atoms with E-state index in [1.165, 1.54) is 0 Å². The van der Waals surface area contributed by atoms with Gasteiger partial charge in [-0.25, -0.2) is 4.79 Å². The van der Waals surface area contributed by atoms with E-state index in [-0.39, 0.29) is 18.3 Å². The van der Waals surface area contributed by atoms with Crippen LogP contribution in [0.15, 0.2) is 0 Å². The summed E-state index contributed by atoms with van der Waals surface area (Å²) in [5, 5.41) is 12.6. The Morgan fingerprint density at radius 1 is 1.61 bits per heavy atom. The summed E-state index contributed by atoms with van der Waals surface area (Å²) in [7, 11) is 0. The molecule has 5 nitrogen and oxygen atoms in total. The zero-order valence-electron chi connectivity index (χ0n) is 9.49. The number of nitrogens with zero attached hydrogens (tertiary/aromatic N) is 2. The first kappa shape index (κ1) is 12.9. The van der Waals surface area contributed by atoms with Crippen LogP contribution < -0.4 is 0 Å². The van der Waals surface area contributed by atoms with E-state index in [1.807, 2.05) is 0 Å². The number of aryl methyl sites for hydroxylation is 1. The molecule has 1 N–H and O–H groups in total. The first-order chi connectivity index (χ1) is 8.30. The average Bonchev–Trinajstić information content (AvgIpc) is 2.48. The molecule has 2 heterocycles. The largest absolute Gasteiger partial charge is 0.477 e. The van der Waals surface area contributed by atoms with Gasteiger partial charge < -0.3 is 9.84 Å². The van der Waals surface area contributed by atoms with Gasteiger partial charge in [-0.15, -0.1) is 0 Å². The van der Waals surface area contributed by atoms with Crippen LogP contribution in [0.25, 0.3) is 0 Å². The zero-order chi connectivity index (χ0) is 13.5. The Balaban J connectivity index is 2.43. The lowest BCUT2D eigenvalue weighted by molar-refractivity contribution is -0.138. The highest BCUT2D eigenvalue weighted by Gasteiger charge is 2.41. The molecule has 18 heavy (non-hydrogen) atoms. The summed E-state index contributed by atoms with van der Waals surface area (Å²) < 4.78 is 44.2. The minimum absolute atomic E-state index is 0.0263. The van der Waals surface area contributed by atoms with Gasteiger partial charge in [0.25, 0.3) is 0 Å². The van der Waals surface area contributed by atoms with Gasteiger partial charge in [0.15, 0.2) is 5.69 Å². The summed E-state index contributed by atoms with van der Waals surface area (Å²) in [5.74, 6) is -1.64. The van der Waals surface area contributed by atoms with Gasteiger partial charge in [0, 0.05) is 6.61 Å². The maximum absolute atomic E-state index is 12.8. The van der Waals surface area contributed by atoms with E-state index in [2.05, 4.69) is 5.10 Å². The second-order valence-corrected chi connectivity index (χ2v) is 4.08. The lowest BCUT2D eigenvalue weighted by atomic mass is 10.1. The summed E-state index contributed by atoms with van der Waals surface area (Å²) in [6.07, 6.45) is -4.29. The number of carbonyl (C=O) groups is 1. The van der Waals surface area contributed by atoms with E-state index >= 15 is 0 Å². The standard InChI is InChI=1S/C10H11F3N2O3/c1-5-7(10(11,12)13)8(9(16)17)15(14-5)4-6-2-3-18-6/h6H,2-4H2,1H3,(H,16,17). The Kier molecular flexibility index (Phi) is 3.05. The molecule has 1 aliphatic rings. The number of carboxylic acid groups (broad SMARTS) is 1. The summed E-state index contributed by atoms with van der Waals surface area (Å²) in [5.41, 5.74) is -2.34. The molecule has 1 aliphatic heterocycles. The molecule has 0 spiro atoms. The number of ether oxygens (including phenoxy) is 1. The van der Waals surface area contributed by atoms with Crippen molar-refractivity contribution in [3.8, 4) is 0 Å². The highest BCUT2D eigenvalue weighted by molar-refractivity contribution is 5.88. The van der Waals surface area contributed by atoms with E-state index in [4.69, 9.17) is 9.84 Å². The van der Waals surface area contributed by atoms with Gasteiger partial charge in [0.2, 0.25) is 0 Å². The molecule has 2 rings (SSSR count). The molecule has 1 aromatic rings. The quantitative estimate of drug-likeness (QED) is 0.902. The fourth-order valence-electron chi connectivity index (χ4n) is 1.89. The number of rotatable bonds is 3. The zero-order valence-corrected chi connectivity index (χ0v) is 9.49. The van der Waals surface area contributed by atoms with Crippen LogP contribution in [0.2, 0.25) is 0 Å². The number of hydrogen-bond acceptors (Lipinski definition) is 3.